The summed E-state index contributed by atoms with van der Waals surface area (Å²) in [6, 6.07) is 21.5. The van der Waals surface area contributed by atoms with Crippen LogP contribution < -0.4 is 4.74 Å². The first-order valence-corrected chi connectivity index (χ1v) is 18.3. The molecule has 0 aliphatic rings. The summed E-state index contributed by atoms with van der Waals surface area (Å²) in [4.78, 5) is 41.1. The largest absolute Gasteiger partial charge is 0.510 e. The fourth-order valence-electron chi connectivity index (χ4n) is 5.82. The van der Waals surface area contributed by atoms with Crippen molar-refractivity contribution in [1.82, 2.24) is 40.5 Å². The molecular formula is C38H46N8O12. The van der Waals surface area contributed by atoms with Gasteiger partial charge in [-0.15, -0.1) is 15.0 Å². The summed E-state index contributed by atoms with van der Waals surface area (Å²) in [5.41, 5.74) is 2.42. The molecule has 0 aliphatic carbocycles. The molecule has 2 aromatic heterocycles. The van der Waals surface area contributed by atoms with Crippen molar-refractivity contribution in [2.45, 2.75) is 78.4 Å². The zero-order valence-electron chi connectivity index (χ0n) is 32.3. The molecule has 0 saturated carbocycles. The Balaban J connectivity index is 1.33. The van der Waals surface area contributed by atoms with Crippen molar-refractivity contribution in [3.63, 3.8) is 0 Å². The lowest BCUT2D eigenvalue weighted by atomic mass is 9.98. The van der Waals surface area contributed by atoms with E-state index in [0.717, 1.165) is 27.9 Å². The van der Waals surface area contributed by atoms with Gasteiger partial charge >= 0.3 is 12.1 Å². The first-order valence-electron chi connectivity index (χ1n) is 18.3. The predicted octanol–water partition coefficient (Wildman–Crippen LogP) is 5.63. The molecule has 3 aromatic carbocycles. The second-order valence-corrected chi connectivity index (χ2v) is 13.5. The highest BCUT2D eigenvalue weighted by Crippen LogP contribution is 2.32. The van der Waals surface area contributed by atoms with Crippen molar-refractivity contribution in [3.8, 4) is 28.3 Å². The van der Waals surface area contributed by atoms with Crippen LogP contribution in [0.1, 0.15) is 86.3 Å². The third-order valence-corrected chi connectivity index (χ3v) is 8.51. The number of aromatic nitrogens is 6. The van der Waals surface area contributed by atoms with Gasteiger partial charge in [0.25, 0.3) is 0 Å². The van der Waals surface area contributed by atoms with E-state index in [2.05, 4.69) is 25.1 Å². The first-order chi connectivity index (χ1) is 27.7. The molecule has 0 saturated heterocycles. The Labute approximate surface area is 332 Å². The number of benzene rings is 3. The van der Waals surface area contributed by atoms with E-state index in [1.807, 2.05) is 55.5 Å². The fourth-order valence-corrected chi connectivity index (χ4v) is 5.82. The molecule has 5 rings (SSSR count). The number of tetrazole rings is 1. The van der Waals surface area contributed by atoms with Crippen molar-refractivity contribution in [2.24, 2.45) is 0 Å². The van der Waals surface area contributed by atoms with E-state index in [1.54, 1.807) is 43.5 Å². The van der Waals surface area contributed by atoms with Gasteiger partial charge < -0.3 is 23.9 Å². The number of carbonyl (C=O) groups excluding carboxylic acids is 2. The van der Waals surface area contributed by atoms with Crippen molar-refractivity contribution in [1.29, 1.82) is 0 Å². The van der Waals surface area contributed by atoms with Crippen LogP contribution >= 0.6 is 0 Å². The van der Waals surface area contributed by atoms with Crippen molar-refractivity contribution >= 4 is 12.1 Å². The van der Waals surface area contributed by atoms with Gasteiger partial charge in [0.1, 0.15) is 22.9 Å². The lowest BCUT2D eigenvalue weighted by molar-refractivity contribution is -0.497. The van der Waals surface area contributed by atoms with E-state index >= 15 is 0 Å². The van der Waals surface area contributed by atoms with E-state index in [9.17, 15) is 14.7 Å². The number of aliphatic hydroxyl groups is 1. The van der Waals surface area contributed by atoms with Gasteiger partial charge in [0.05, 0.1) is 30.6 Å². The van der Waals surface area contributed by atoms with E-state index in [0.29, 0.717) is 36.2 Å². The Morgan fingerprint density at radius 2 is 1.59 bits per heavy atom. The Morgan fingerprint density at radius 1 is 0.879 bits per heavy atom. The molecule has 0 bridgehead atoms. The number of hydrogen-bond acceptors (Lipinski definition) is 18. The number of ether oxygens (including phenoxy) is 3. The van der Waals surface area contributed by atoms with Gasteiger partial charge in [-0.2, -0.15) is 0 Å². The molecule has 0 fully saturated rings. The average Bonchev–Trinajstić information content (AvgIpc) is 3.82. The Kier molecular flexibility index (Phi) is 15.1. The molecule has 0 radical (unpaired) electrons. The molecule has 0 aliphatic heterocycles. The molecular weight excluding hydrogens is 760 g/mol. The van der Waals surface area contributed by atoms with Crippen LogP contribution in [0.2, 0.25) is 0 Å². The molecule has 0 spiro atoms. The molecule has 20 nitrogen and oxygen atoms in total. The summed E-state index contributed by atoms with van der Waals surface area (Å²) < 4.78 is 17.9. The maximum Gasteiger partial charge on any atom is 0.510 e. The van der Waals surface area contributed by atoms with Crippen molar-refractivity contribution in [2.75, 3.05) is 13.2 Å². The molecule has 1 atom stereocenters. The molecule has 5 aromatic rings. The molecule has 310 valence electrons. The summed E-state index contributed by atoms with van der Waals surface area (Å²) >= 11 is 0. The predicted molar refractivity (Wildman–Crippen MR) is 199 cm³/mol. The maximum atomic E-state index is 13.9. The number of rotatable bonds is 20. The van der Waals surface area contributed by atoms with Crippen LogP contribution in [0, 0.1) is 0 Å². The van der Waals surface area contributed by atoms with Gasteiger partial charge in [0.15, 0.2) is 5.69 Å². The summed E-state index contributed by atoms with van der Waals surface area (Å²) in [7, 11) is 0. The zero-order valence-corrected chi connectivity index (χ0v) is 32.3. The highest BCUT2D eigenvalue weighted by molar-refractivity contribution is 5.91. The molecule has 2 heterocycles. The molecule has 58 heavy (non-hydrogen) atoms. The number of esters is 1. The zero-order chi connectivity index (χ0) is 41.8. The van der Waals surface area contributed by atoms with Crippen molar-refractivity contribution < 1.29 is 59.4 Å². The fraction of sp³-hybridized carbons (Fsp3) is 0.368. The number of unbranched alkanes of at least 4 members (excludes halogenated alkanes) is 1. The molecule has 20 heteroatoms. The van der Waals surface area contributed by atoms with E-state index in [-0.39, 0.29) is 54.7 Å². The van der Waals surface area contributed by atoms with Crippen LogP contribution in [0.25, 0.3) is 22.5 Å². The molecule has 0 amide bonds. The topological polar surface area (TPSA) is 249 Å². The van der Waals surface area contributed by atoms with E-state index < -0.39 is 29.3 Å². The minimum atomic E-state index is -1.48. The Bertz CT molecular complexity index is 2110. The summed E-state index contributed by atoms with van der Waals surface area (Å²) in [5.74, 6) is 0.328. The van der Waals surface area contributed by atoms with Crippen LogP contribution in [0.3, 0.4) is 0 Å². The van der Waals surface area contributed by atoms with Crippen LogP contribution in [0.15, 0.2) is 72.8 Å². The number of nitrogens with zero attached hydrogens (tertiary/aromatic N) is 8. The van der Waals surface area contributed by atoms with Gasteiger partial charge in [-0.05, 0) is 79.6 Å². The molecule has 1 unspecified atom stereocenters. The van der Waals surface area contributed by atoms with Crippen LogP contribution in [-0.2, 0) is 44.3 Å². The minimum Gasteiger partial charge on any atom is -0.434 e. The van der Waals surface area contributed by atoms with Crippen LogP contribution in [0.4, 0.5) is 4.79 Å². The Hall–Kier alpha value is -5.68. The minimum absolute atomic E-state index is 0.0179. The SMILES string of the molecule is CCCc1nc(C(C)(C)O)c(C(=O)Oc2cccc(CON(O)O)c2)n1Cc1ccc(-c2ccccc2-c2nnn(C(C)OC(=O)OCCCCON(O)O)n2)cc1. The standard InChI is InChI=1S/C38H46N8O12/c1-5-11-32-39-34(38(3,4)49)33(36(47)58-29-13-10-12-27(22-29)24-56-46(52)53)43(32)23-26-16-18-28(19-17-26)30-14-6-7-15-31(30)35-40-42-44(41-35)25(2)57-37(48)54-20-8-9-21-55-45(50)51/h6-7,10,12-19,22,25,49-53H,5,8-9,11,20-21,23-24H2,1-4H3. The third-order valence-electron chi connectivity index (χ3n) is 8.51. The Morgan fingerprint density at radius 3 is 2.28 bits per heavy atom. The maximum absolute atomic E-state index is 13.9. The summed E-state index contributed by atoms with van der Waals surface area (Å²) in [5, 5.41) is 58.0. The van der Waals surface area contributed by atoms with Crippen LogP contribution in [-0.4, -0.2) is 91.8 Å². The summed E-state index contributed by atoms with van der Waals surface area (Å²) in [6.07, 6.45) is 0.175. The van der Waals surface area contributed by atoms with Gasteiger partial charge in [0, 0.05) is 18.5 Å². The monoisotopic (exact) mass is 806 g/mol. The third kappa shape index (κ3) is 11.9. The summed E-state index contributed by atoms with van der Waals surface area (Å²) in [6.45, 7) is 6.73. The van der Waals surface area contributed by atoms with Crippen LogP contribution in [0.5, 0.6) is 5.75 Å². The second kappa shape index (κ2) is 20.1. The lowest BCUT2D eigenvalue weighted by Gasteiger charge is -2.18. The first kappa shape index (κ1) is 43.4. The number of carbonyl (C=O) groups is 2. The average molecular weight is 807 g/mol. The van der Waals surface area contributed by atoms with Crippen molar-refractivity contribution in [3.05, 3.63) is 101 Å². The van der Waals surface area contributed by atoms with E-state index in [1.165, 1.54) is 6.07 Å². The number of hydrogen-bond donors (Lipinski definition) is 5. The van der Waals surface area contributed by atoms with Gasteiger partial charge in [-0.3, -0.25) is 25.7 Å². The lowest BCUT2D eigenvalue weighted by Crippen LogP contribution is -2.24. The smallest absolute Gasteiger partial charge is 0.434 e. The quantitative estimate of drug-likeness (QED) is 0.0277. The van der Waals surface area contributed by atoms with Gasteiger partial charge in [-0.25, -0.2) is 19.4 Å². The second-order valence-electron chi connectivity index (χ2n) is 13.5. The number of imidazole rings is 1. The molecule has 5 N–H and O–H groups in total. The van der Waals surface area contributed by atoms with Gasteiger partial charge in [0.2, 0.25) is 12.1 Å². The van der Waals surface area contributed by atoms with E-state index in [4.69, 9.17) is 40.0 Å². The number of aryl methyl sites for hydroxylation is 1. The normalized spacial score (nSPS) is 12.3. The highest BCUT2D eigenvalue weighted by Gasteiger charge is 2.33. The highest BCUT2D eigenvalue weighted by atomic mass is 17.1. The van der Waals surface area contributed by atoms with Gasteiger partial charge in [-0.1, -0.05) is 67.6 Å².